The first-order valence-corrected chi connectivity index (χ1v) is 10.4. The molecule has 2 amide bonds. The SMILES string of the molecule is CC[C@H](C(=O)NC)N(Cc1ccc(Cl)cc1Cl)C(=O)COc1ccc([N+](=O)[O-])c(OC)c1. The highest BCUT2D eigenvalue weighted by Gasteiger charge is 2.29. The molecule has 1 N–H and O–H groups in total. The molecular weight excluding hydrogens is 461 g/mol. The van der Waals surface area contributed by atoms with E-state index >= 15 is 0 Å². The topological polar surface area (TPSA) is 111 Å². The van der Waals surface area contributed by atoms with Crippen LogP contribution in [0.5, 0.6) is 11.5 Å². The first-order valence-electron chi connectivity index (χ1n) is 9.62. The Bertz CT molecular complexity index is 1000. The molecule has 172 valence electrons. The Morgan fingerprint density at radius 1 is 1.22 bits per heavy atom. The number of likely N-dealkylation sites (N-methyl/N-ethyl adjacent to an activating group) is 1. The molecule has 2 aromatic carbocycles. The zero-order valence-electron chi connectivity index (χ0n) is 17.8. The third-order valence-corrected chi connectivity index (χ3v) is 5.29. The van der Waals surface area contributed by atoms with Gasteiger partial charge in [0.15, 0.2) is 6.61 Å². The number of methoxy groups -OCH3 is 1. The van der Waals surface area contributed by atoms with Crippen LogP contribution in [0.4, 0.5) is 5.69 Å². The predicted octanol–water partition coefficient (Wildman–Crippen LogP) is 3.84. The maximum Gasteiger partial charge on any atom is 0.311 e. The summed E-state index contributed by atoms with van der Waals surface area (Å²) in [4.78, 5) is 37.3. The Morgan fingerprint density at radius 2 is 1.94 bits per heavy atom. The molecular formula is C21H23Cl2N3O6. The summed E-state index contributed by atoms with van der Waals surface area (Å²) in [5.74, 6) is -0.591. The minimum Gasteiger partial charge on any atom is -0.490 e. The van der Waals surface area contributed by atoms with E-state index in [0.29, 0.717) is 22.0 Å². The van der Waals surface area contributed by atoms with Crippen molar-refractivity contribution in [3.05, 3.63) is 62.1 Å². The number of hydrogen-bond donors (Lipinski definition) is 1. The average molecular weight is 484 g/mol. The highest BCUT2D eigenvalue weighted by atomic mass is 35.5. The van der Waals surface area contributed by atoms with Crippen molar-refractivity contribution >= 4 is 40.7 Å². The number of carbonyl (C=O) groups is 2. The van der Waals surface area contributed by atoms with Gasteiger partial charge in [-0.3, -0.25) is 19.7 Å². The van der Waals surface area contributed by atoms with Gasteiger partial charge in [0.05, 0.1) is 12.0 Å². The second kappa shape index (κ2) is 11.5. The minimum absolute atomic E-state index is 0.00143. The van der Waals surface area contributed by atoms with Gasteiger partial charge in [-0.25, -0.2) is 0 Å². The maximum atomic E-state index is 13.1. The highest BCUT2D eigenvalue weighted by Crippen LogP contribution is 2.31. The third kappa shape index (κ3) is 6.24. The number of rotatable bonds is 10. The fourth-order valence-corrected chi connectivity index (χ4v) is 3.51. The van der Waals surface area contributed by atoms with Gasteiger partial charge in [0.2, 0.25) is 11.7 Å². The second-order valence-electron chi connectivity index (χ2n) is 6.68. The number of nitro groups is 1. The molecule has 9 nitrogen and oxygen atoms in total. The van der Waals surface area contributed by atoms with Gasteiger partial charge in [0.25, 0.3) is 5.91 Å². The van der Waals surface area contributed by atoms with Crippen molar-refractivity contribution in [2.75, 3.05) is 20.8 Å². The molecule has 11 heteroatoms. The van der Waals surface area contributed by atoms with Gasteiger partial charge in [0, 0.05) is 35.8 Å². The summed E-state index contributed by atoms with van der Waals surface area (Å²) >= 11 is 12.2. The fourth-order valence-electron chi connectivity index (χ4n) is 3.05. The Morgan fingerprint density at radius 3 is 2.50 bits per heavy atom. The fraction of sp³-hybridized carbons (Fsp3) is 0.333. The van der Waals surface area contributed by atoms with Crippen molar-refractivity contribution in [2.45, 2.75) is 25.9 Å². The van der Waals surface area contributed by atoms with Crippen LogP contribution < -0.4 is 14.8 Å². The van der Waals surface area contributed by atoms with E-state index in [-0.39, 0.29) is 29.6 Å². The summed E-state index contributed by atoms with van der Waals surface area (Å²) in [5, 5.41) is 14.4. The van der Waals surface area contributed by atoms with Gasteiger partial charge in [0.1, 0.15) is 11.8 Å². The number of amides is 2. The van der Waals surface area contributed by atoms with Crippen molar-refractivity contribution in [3.63, 3.8) is 0 Å². The quantitative estimate of drug-likeness (QED) is 0.405. The molecule has 1 atom stereocenters. The molecule has 2 rings (SSSR count). The van der Waals surface area contributed by atoms with Crippen molar-refractivity contribution in [2.24, 2.45) is 0 Å². The Labute approximate surface area is 195 Å². The van der Waals surface area contributed by atoms with Crippen LogP contribution in [-0.4, -0.2) is 48.4 Å². The lowest BCUT2D eigenvalue weighted by molar-refractivity contribution is -0.385. The van der Waals surface area contributed by atoms with Crippen LogP contribution in [0.15, 0.2) is 36.4 Å². The lowest BCUT2D eigenvalue weighted by Gasteiger charge is -2.30. The van der Waals surface area contributed by atoms with Crippen molar-refractivity contribution in [1.82, 2.24) is 10.2 Å². The van der Waals surface area contributed by atoms with Crippen molar-refractivity contribution in [3.8, 4) is 11.5 Å². The van der Waals surface area contributed by atoms with Crippen molar-refractivity contribution < 1.29 is 24.0 Å². The van der Waals surface area contributed by atoms with Crippen molar-refractivity contribution in [1.29, 1.82) is 0 Å². The largest absolute Gasteiger partial charge is 0.490 e. The third-order valence-electron chi connectivity index (χ3n) is 4.70. The summed E-state index contributed by atoms with van der Waals surface area (Å²) in [5.41, 5.74) is 0.389. The van der Waals surface area contributed by atoms with E-state index in [9.17, 15) is 19.7 Å². The van der Waals surface area contributed by atoms with Gasteiger partial charge < -0.3 is 19.7 Å². The predicted molar refractivity (Wildman–Crippen MR) is 120 cm³/mol. The van der Waals surface area contributed by atoms with Crippen LogP contribution >= 0.6 is 23.2 Å². The van der Waals surface area contributed by atoms with Crippen LogP contribution in [0.3, 0.4) is 0 Å². The lowest BCUT2D eigenvalue weighted by atomic mass is 10.1. The Balaban J connectivity index is 2.25. The molecule has 0 radical (unpaired) electrons. The lowest BCUT2D eigenvalue weighted by Crippen LogP contribution is -2.49. The number of nitrogens with one attached hydrogen (secondary N) is 1. The number of benzene rings is 2. The van der Waals surface area contributed by atoms with Gasteiger partial charge >= 0.3 is 5.69 Å². The number of halogens is 2. The van der Waals surface area contributed by atoms with E-state index in [4.69, 9.17) is 32.7 Å². The van der Waals surface area contributed by atoms with Gasteiger partial charge in [-0.2, -0.15) is 0 Å². The summed E-state index contributed by atoms with van der Waals surface area (Å²) in [6.07, 6.45) is 0.363. The van der Waals surface area contributed by atoms with Gasteiger partial charge in [-0.15, -0.1) is 0 Å². The van der Waals surface area contributed by atoms with E-state index in [1.54, 1.807) is 25.1 Å². The first kappa shape index (κ1) is 25.2. The van der Waals surface area contributed by atoms with Crippen LogP contribution in [0, 0.1) is 10.1 Å². The Hall–Kier alpha value is -3.04. The van der Waals surface area contributed by atoms with Gasteiger partial charge in [-0.1, -0.05) is 36.2 Å². The molecule has 32 heavy (non-hydrogen) atoms. The molecule has 0 bridgehead atoms. The summed E-state index contributed by atoms with van der Waals surface area (Å²) in [6, 6.07) is 8.04. The summed E-state index contributed by atoms with van der Waals surface area (Å²) < 4.78 is 10.6. The minimum atomic E-state index is -0.755. The molecule has 0 aliphatic heterocycles. The highest BCUT2D eigenvalue weighted by molar-refractivity contribution is 6.35. The zero-order chi connectivity index (χ0) is 23.8. The summed E-state index contributed by atoms with van der Waals surface area (Å²) in [6.45, 7) is 1.44. The maximum absolute atomic E-state index is 13.1. The summed E-state index contributed by atoms with van der Waals surface area (Å²) in [7, 11) is 2.78. The van der Waals surface area contributed by atoms with Gasteiger partial charge in [-0.05, 0) is 30.2 Å². The zero-order valence-corrected chi connectivity index (χ0v) is 19.3. The number of nitro benzene ring substituents is 1. The van der Waals surface area contributed by atoms with E-state index in [1.807, 2.05) is 0 Å². The standard InChI is InChI=1S/C21H23Cl2N3O6/c1-4-17(21(28)24-2)25(11-13-5-6-14(22)9-16(13)23)20(27)12-32-15-7-8-18(26(29)30)19(10-15)31-3/h5-10,17H,4,11-12H2,1-3H3,(H,24,28)/t17-/m1/s1. The second-order valence-corrected chi connectivity index (χ2v) is 7.52. The van der Waals surface area contributed by atoms with Crippen LogP contribution in [-0.2, 0) is 16.1 Å². The molecule has 0 spiro atoms. The molecule has 0 aliphatic carbocycles. The monoisotopic (exact) mass is 483 g/mol. The number of carbonyl (C=O) groups excluding carboxylic acids is 2. The van der Waals surface area contributed by atoms with E-state index in [1.165, 1.54) is 37.3 Å². The molecule has 0 heterocycles. The number of nitrogens with zero attached hydrogens (tertiary/aromatic N) is 2. The van der Waals surface area contributed by atoms with E-state index in [0.717, 1.165) is 0 Å². The van der Waals surface area contributed by atoms with Crippen LogP contribution in [0.1, 0.15) is 18.9 Å². The molecule has 2 aromatic rings. The molecule has 0 unspecified atom stereocenters. The molecule has 0 saturated carbocycles. The normalized spacial score (nSPS) is 11.4. The van der Waals surface area contributed by atoms with E-state index < -0.39 is 23.5 Å². The smallest absolute Gasteiger partial charge is 0.311 e. The number of ether oxygens (including phenoxy) is 2. The van der Waals surface area contributed by atoms with E-state index in [2.05, 4.69) is 5.32 Å². The van der Waals surface area contributed by atoms with Crippen LogP contribution in [0.2, 0.25) is 10.0 Å². The Kier molecular flexibility index (Phi) is 9.10. The molecule has 0 saturated heterocycles. The average Bonchev–Trinajstić information content (AvgIpc) is 2.77. The molecule has 0 fully saturated rings. The molecule has 0 aromatic heterocycles. The number of hydrogen-bond acceptors (Lipinski definition) is 6. The molecule has 0 aliphatic rings. The first-order chi connectivity index (χ1) is 15.2. The van der Waals surface area contributed by atoms with Crippen LogP contribution in [0.25, 0.3) is 0 Å².